The van der Waals surface area contributed by atoms with Crippen LogP contribution in [0.5, 0.6) is 5.75 Å². The summed E-state index contributed by atoms with van der Waals surface area (Å²) in [6.07, 6.45) is 2.76. The van der Waals surface area contributed by atoms with Gasteiger partial charge in [0.15, 0.2) is 0 Å². The summed E-state index contributed by atoms with van der Waals surface area (Å²) in [5.74, 6) is 0.458. The fraction of sp³-hybridized carbons (Fsp3) is 0.367. The van der Waals surface area contributed by atoms with Crippen molar-refractivity contribution in [2.75, 3.05) is 36.5 Å². The molecule has 0 spiro atoms. The van der Waals surface area contributed by atoms with Crippen molar-refractivity contribution >= 4 is 23.2 Å². The normalized spacial score (nSPS) is 18.6. The number of benzene rings is 2. The summed E-state index contributed by atoms with van der Waals surface area (Å²) in [4.78, 5) is 15.0. The molecule has 1 aromatic heterocycles. The molecule has 5 rings (SSSR count). The number of aromatic nitrogens is 1. The average molecular weight is 547 g/mol. The number of urea groups is 1. The van der Waals surface area contributed by atoms with E-state index in [-0.39, 0.29) is 23.6 Å². The second-order valence-electron chi connectivity index (χ2n) is 10.4. The molecule has 0 bridgehead atoms. The number of carbonyl (C=O) groups is 1. The molecule has 2 heterocycles. The summed E-state index contributed by atoms with van der Waals surface area (Å²) in [7, 11) is 0. The van der Waals surface area contributed by atoms with Gasteiger partial charge in [-0.2, -0.15) is 0 Å². The lowest BCUT2D eigenvalue weighted by Crippen LogP contribution is -2.37. The van der Waals surface area contributed by atoms with Gasteiger partial charge in [0, 0.05) is 30.4 Å². The number of morpholine rings is 1. The number of halogens is 1. The van der Waals surface area contributed by atoms with Crippen LogP contribution in [0, 0.1) is 22.6 Å². The average Bonchev–Trinajstić information content (AvgIpc) is 2.95. The van der Waals surface area contributed by atoms with Crippen LogP contribution in [-0.4, -0.2) is 42.7 Å². The summed E-state index contributed by atoms with van der Waals surface area (Å²) in [5.41, 5.74) is 3.26. The maximum absolute atomic E-state index is 14.4. The highest BCUT2D eigenvalue weighted by Gasteiger charge is 2.29. The predicted octanol–water partition coefficient (Wildman–Crippen LogP) is 5.20. The predicted molar refractivity (Wildman–Crippen MR) is 152 cm³/mol. The Bertz CT molecular complexity index is 1450. The van der Waals surface area contributed by atoms with Gasteiger partial charge in [-0.05, 0) is 54.3 Å². The van der Waals surface area contributed by atoms with Crippen molar-refractivity contribution in [3.63, 3.8) is 0 Å². The number of carbonyl (C=O) groups excluding carboxylic acids is 1. The van der Waals surface area contributed by atoms with Gasteiger partial charge in [0.1, 0.15) is 29.0 Å². The fourth-order valence-electron chi connectivity index (χ4n) is 5.19. The van der Waals surface area contributed by atoms with E-state index in [0.29, 0.717) is 62.1 Å². The van der Waals surface area contributed by atoms with Crippen LogP contribution in [0.4, 0.5) is 20.6 Å². The highest BCUT2D eigenvalue weighted by atomic mass is 19.1. The smallest absolute Gasteiger partial charge is 0.319 e. The van der Waals surface area contributed by atoms with Crippen LogP contribution in [0.15, 0.2) is 60.8 Å². The van der Waals surface area contributed by atoms with Gasteiger partial charge in [-0.15, -0.1) is 0 Å². The summed E-state index contributed by atoms with van der Waals surface area (Å²) in [6.45, 7) is 6.35. The molecular formula is C30H35FN6O3. The van der Waals surface area contributed by atoms with E-state index < -0.39 is 11.8 Å². The summed E-state index contributed by atoms with van der Waals surface area (Å²) in [5, 5.41) is 22.3. The minimum atomic E-state index is -0.411. The Hall–Kier alpha value is -4.18. The molecule has 1 fully saturated rings. The molecule has 1 saturated heterocycles. The lowest BCUT2D eigenvalue weighted by Gasteiger charge is -2.32. The Labute approximate surface area is 232 Å². The molecule has 4 N–H and O–H groups in total. The molecule has 10 heteroatoms. The standard InChI is InChI=1S/C30H35FN6O3/c1-19(2)29(33)37-18-23(7-10-28(37)32)40-27-9-8-26(24-5-3-4-6-25(24)27)35-30(38)34-21-15-20(31)16-22(17-21)36-11-13-39-14-12-36/h3-7,10,15-19,26-27,32-33H,8-9,11-14H2,1-2H3,(H2,34,35,38)/t26-,27-/m0/s1. The van der Waals surface area contributed by atoms with Crippen molar-refractivity contribution < 1.29 is 18.7 Å². The molecule has 40 heavy (non-hydrogen) atoms. The van der Waals surface area contributed by atoms with Crippen molar-refractivity contribution in [2.24, 2.45) is 5.92 Å². The molecular weight excluding hydrogens is 511 g/mol. The van der Waals surface area contributed by atoms with Gasteiger partial charge in [-0.3, -0.25) is 15.4 Å². The van der Waals surface area contributed by atoms with Gasteiger partial charge in [-0.1, -0.05) is 38.1 Å². The third-order valence-corrected chi connectivity index (χ3v) is 7.26. The van der Waals surface area contributed by atoms with Crippen LogP contribution in [0.3, 0.4) is 0 Å². The molecule has 0 unspecified atom stereocenters. The van der Waals surface area contributed by atoms with Gasteiger partial charge in [0.05, 0.1) is 25.5 Å². The Morgan fingerprint density at radius 2 is 1.82 bits per heavy atom. The molecule has 2 aliphatic rings. The topological polar surface area (TPSA) is 115 Å². The number of hydrogen-bond donors (Lipinski definition) is 4. The lowest BCUT2D eigenvalue weighted by atomic mass is 9.85. The Balaban J connectivity index is 1.29. The van der Waals surface area contributed by atoms with Gasteiger partial charge in [0.2, 0.25) is 0 Å². The number of ether oxygens (including phenoxy) is 2. The van der Waals surface area contributed by atoms with Gasteiger partial charge >= 0.3 is 6.03 Å². The van der Waals surface area contributed by atoms with Crippen molar-refractivity contribution in [2.45, 2.75) is 38.8 Å². The number of fused-ring (bicyclic) bond motifs is 1. The molecule has 3 aromatic rings. The van der Waals surface area contributed by atoms with E-state index in [2.05, 4.69) is 10.6 Å². The van der Waals surface area contributed by atoms with Crippen molar-refractivity contribution in [3.8, 4) is 5.75 Å². The second-order valence-corrected chi connectivity index (χ2v) is 10.4. The lowest BCUT2D eigenvalue weighted by molar-refractivity contribution is 0.122. The van der Waals surface area contributed by atoms with Crippen LogP contribution in [0.25, 0.3) is 0 Å². The zero-order valence-electron chi connectivity index (χ0n) is 22.7. The molecule has 2 atom stereocenters. The largest absolute Gasteiger partial charge is 0.484 e. The van der Waals surface area contributed by atoms with E-state index in [1.807, 2.05) is 43.0 Å². The molecule has 1 aliphatic carbocycles. The fourth-order valence-corrected chi connectivity index (χ4v) is 5.19. The molecule has 0 radical (unpaired) electrons. The minimum absolute atomic E-state index is 0.0314. The maximum atomic E-state index is 14.4. The van der Waals surface area contributed by atoms with Crippen molar-refractivity contribution in [1.82, 2.24) is 9.88 Å². The Kier molecular flexibility index (Phi) is 8.16. The summed E-state index contributed by atoms with van der Waals surface area (Å²) in [6, 6.07) is 15.2. The highest BCUT2D eigenvalue weighted by molar-refractivity contribution is 5.90. The number of amides is 2. The number of hydrogen-bond acceptors (Lipinski definition) is 6. The maximum Gasteiger partial charge on any atom is 0.319 e. The van der Waals surface area contributed by atoms with Crippen LogP contribution < -0.4 is 25.8 Å². The van der Waals surface area contributed by atoms with E-state index in [1.165, 1.54) is 16.7 Å². The number of nitrogens with zero attached hydrogens (tertiary/aromatic N) is 2. The number of nitrogens with one attached hydrogen (secondary N) is 4. The molecule has 2 amide bonds. The Morgan fingerprint density at radius 3 is 2.58 bits per heavy atom. The molecule has 2 aromatic carbocycles. The third-order valence-electron chi connectivity index (χ3n) is 7.26. The van der Waals surface area contributed by atoms with Gasteiger partial charge < -0.3 is 25.0 Å². The van der Waals surface area contributed by atoms with Crippen molar-refractivity contribution in [1.29, 1.82) is 10.8 Å². The van der Waals surface area contributed by atoms with Crippen LogP contribution in [-0.2, 0) is 4.74 Å². The second kappa shape index (κ2) is 11.9. The van der Waals surface area contributed by atoms with Crippen LogP contribution in [0.2, 0.25) is 0 Å². The van der Waals surface area contributed by atoms with E-state index >= 15 is 0 Å². The monoisotopic (exact) mass is 546 g/mol. The number of anilines is 2. The quantitative estimate of drug-likeness (QED) is 0.251. The van der Waals surface area contributed by atoms with E-state index in [0.717, 1.165) is 11.1 Å². The molecule has 1 aliphatic heterocycles. The summed E-state index contributed by atoms with van der Waals surface area (Å²) >= 11 is 0. The summed E-state index contributed by atoms with van der Waals surface area (Å²) < 4.78 is 27.6. The minimum Gasteiger partial charge on any atom is -0.484 e. The first-order valence-electron chi connectivity index (χ1n) is 13.6. The SMILES string of the molecule is CC(C)C(=N)n1cc(O[C@H]2CC[C@H](NC(=O)Nc3cc(F)cc(N4CCOCC4)c3)c3ccccc32)ccc1=N. The number of rotatable bonds is 6. The zero-order valence-corrected chi connectivity index (χ0v) is 22.7. The Morgan fingerprint density at radius 1 is 1.07 bits per heavy atom. The van der Waals surface area contributed by atoms with Crippen molar-refractivity contribution in [3.05, 3.63) is 83.2 Å². The van der Waals surface area contributed by atoms with E-state index in [1.54, 1.807) is 24.4 Å². The molecule has 210 valence electrons. The molecule has 9 nitrogen and oxygen atoms in total. The van der Waals surface area contributed by atoms with E-state index in [9.17, 15) is 9.18 Å². The van der Waals surface area contributed by atoms with Crippen LogP contribution in [0.1, 0.15) is 50.0 Å². The first kappa shape index (κ1) is 27.4. The number of pyridine rings is 1. The van der Waals surface area contributed by atoms with E-state index in [4.69, 9.17) is 20.3 Å². The first-order chi connectivity index (χ1) is 19.3. The molecule has 0 saturated carbocycles. The highest BCUT2D eigenvalue weighted by Crippen LogP contribution is 2.38. The van der Waals surface area contributed by atoms with Gasteiger partial charge in [-0.25, -0.2) is 9.18 Å². The zero-order chi connectivity index (χ0) is 28.2. The van der Waals surface area contributed by atoms with Crippen LogP contribution >= 0.6 is 0 Å². The third kappa shape index (κ3) is 6.17. The first-order valence-corrected chi connectivity index (χ1v) is 13.6. The van der Waals surface area contributed by atoms with Gasteiger partial charge in [0.25, 0.3) is 0 Å².